The highest BCUT2D eigenvalue weighted by molar-refractivity contribution is 6.05. The van der Waals surface area contributed by atoms with E-state index in [9.17, 15) is 18.0 Å². The number of pyridine rings is 1. The Labute approximate surface area is 124 Å². The van der Waals surface area contributed by atoms with Crippen LogP contribution in [0.25, 0.3) is 0 Å². The highest BCUT2D eigenvalue weighted by Gasteiger charge is 2.35. The number of carbonyl (C=O) groups excluding carboxylic acids is 1. The zero-order valence-electron chi connectivity index (χ0n) is 11.6. The lowest BCUT2D eigenvalue weighted by Gasteiger charge is -2.13. The molecule has 7 heteroatoms. The molecule has 1 amide bonds. The molecule has 4 nitrogen and oxygen atoms in total. The largest absolute Gasteiger partial charge is 0.490 e. The maximum Gasteiger partial charge on any atom is 0.417 e. The number of hydrogen-bond acceptors (Lipinski definition) is 3. The highest BCUT2D eigenvalue weighted by atomic mass is 19.4. The van der Waals surface area contributed by atoms with Gasteiger partial charge in [-0.05, 0) is 31.2 Å². The van der Waals surface area contributed by atoms with Crippen molar-refractivity contribution in [3.8, 4) is 5.75 Å². The van der Waals surface area contributed by atoms with Crippen molar-refractivity contribution in [2.45, 2.75) is 13.1 Å². The lowest BCUT2D eigenvalue weighted by molar-refractivity contribution is -0.137. The van der Waals surface area contributed by atoms with Gasteiger partial charge in [-0.15, -0.1) is 0 Å². The molecule has 0 unspecified atom stereocenters. The van der Waals surface area contributed by atoms with E-state index >= 15 is 0 Å². The Morgan fingerprint density at radius 2 is 1.95 bits per heavy atom. The normalized spacial score (nSPS) is 11.1. The minimum atomic E-state index is -4.61. The first-order valence-corrected chi connectivity index (χ1v) is 6.49. The van der Waals surface area contributed by atoms with Crippen LogP contribution >= 0.6 is 0 Å². The summed E-state index contributed by atoms with van der Waals surface area (Å²) in [7, 11) is 0. The Kier molecular flexibility index (Phi) is 4.65. The molecule has 0 aliphatic rings. The van der Waals surface area contributed by atoms with E-state index in [4.69, 9.17) is 4.74 Å². The minimum Gasteiger partial charge on any atom is -0.490 e. The predicted octanol–water partition coefficient (Wildman–Crippen LogP) is 3.75. The number of alkyl halides is 3. The summed E-state index contributed by atoms with van der Waals surface area (Å²) < 4.78 is 44.1. The fourth-order valence-electron chi connectivity index (χ4n) is 1.86. The van der Waals surface area contributed by atoms with Gasteiger partial charge in [-0.25, -0.2) is 4.98 Å². The third-order valence-corrected chi connectivity index (χ3v) is 2.78. The molecular weight excluding hydrogens is 297 g/mol. The fourth-order valence-corrected chi connectivity index (χ4v) is 1.86. The van der Waals surface area contributed by atoms with Crippen molar-refractivity contribution in [3.05, 3.63) is 53.7 Å². The summed E-state index contributed by atoms with van der Waals surface area (Å²) in [6.45, 7) is 2.09. The molecule has 0 saturated heterocycles. The van der Waals surface area contributed by atoms with E-state index in [1.807, 2.05) is 0 Å². The summed E-state index contributed by atoms with van der Waals surface area (Å²) in [4.78, 5) is 16.0. The average Bonchev–Trinajstić information content (AvgIpc) is 2.48. The lowest BCUT2D eigenvalue weighted by Crippen LogP contribution is -2.19. The second kappa shape index (κ2) is 6.46. The minimum absolute atomic E-state index is 0.0753. The molecule has 0 atom stereocenters. The smallest absolute Gasteiger partial charge is 0.417 e. The average molecular weight is 310 g/mol. The van der Waals surface area contributed by atoms with Crippen LogP contribution in [0.2, 0.25) is 0 Å². The molecular formula is C15H13F3N2O2. The maximum absolute atomic E-state index is 12.9. The van der Waals surface area contributed by atoms with Crippen LogP contribution in [0, 0.1) is 0 Å². The SMILES string of the molecule is CCOc1cccnc1NC(=O)c1ccccc1C(F)(F)F. The molecule has 116 valence electrons. The number of carbonyl (C=O) groups is 1. The molecule has 2 rings (SSSR count). The predicted molar refractivity (Wildman–Crippen MR) is 74.8 cm³/mol. The number of nitrogens with zero attached hydrogens (tertiary/aromatic N) is 1. The molecule has 0 fully saturated rings. The first-order valence-electron chi connectivity index (χ1n) is 6.49. The van der Waals surface area contributed by atoms with Crippen molar-refractivity contribution in [1.29, 1.82) is 0 Å². The maximum atomic E-state index is 12.9. The van der Waals surface area contributed by atoms with E-state index in [-0.39, 0.29) is 5.82 Å². The summed E-state index contributed by atoms with van der Waals surface area (Å²) in [5.74, 6) is -0.526. The van der Waals surface area contributed by atoms with Crippen LogP contribution in [0.4, 0.5) is 19.0 Å². The van der Waals surface area contributed by atoms with Crippen LogP contribution < -0.4 is 10.1 Å². The van der Waals surface area contributed by atoms with Gasteiger partial charge < -0.3 is 10.1 Å². The molecule has 0 bridgehead atoms. The van der Waals surface area contributed by atoms with Crippen molar-refractivity contribution in [1.82, 2.24) is 4.98 Å². The Bertz CT molecular complexity index is 672. The Morgan fingerprint density at radius 1 is 1.23 bits per heavy atom. The standard InChI is InChI=1S/C15H13F3N2O2/c1-2-22-12-8-5-9-19-13(12)20-14(21)10-6-3-4-7-11(10)15(16,17)18/h3-9H,2H2,1H3,(H,19,20,21). The molecule has 1 N–H and O–H groups in total. The zero-order valence-corrected chi connectivity index (χ0v) is 11.6. The second-order valence-electron chi connectivity index (χ2n) is 4.28. The number of anilines is 1. The summed E-state index contributed by atoms with van der Waals surface area (Å²) in [5, 5.41) is 2.35. The van der Waals surface area contributed by atoms with E-state index in [1.165, 1.54) is 18.3 Å². The van der Waals surface area contributed by atoms with Gasteiger partial charge in [0.15, 0.2) is 11.6 Å². The molecule has 0 saturated carbocycles. The number of amides is 1. The molecule has 0 radical (unpaired) electrons. The van der Waals surface area contributed by atoms with E-state index in [0.29, 0.717) is 12.4 Å². The van der Waals surface area contributed by atoms with E-state index in [2.05, 4.69) is 10.3 Å². The molecule has 1 heterocycles. The number of hydrogen-bond donors (Lipinski definition) is 1. The molecule has 0 spiro atoms. The quantitative estimate of drug-likeness (QED) is 0.935. The van der Waals surface area contributed by atoms with Gasteiger partial charge in [-0.1, -0.05) is 12.1 Å². The number of aromatic nitrogens is 1. The van der Waals surface area contributed by atoms with Gasteiger partial charge in [0, 0.05) is 6.20 Å². The van der Waals surface area contributed by atoms with Gasteiger partial charge in [0.05, 0.1) is 17.7 Å². The first kappa shape index (κ1) is 15.8. The number of rotatable bonds is 4. The van der Waals surface area contributed by atoms with Crippen molar-refractivity contribution >= 4 is 11.7 Å². The lowest BCUT2D eigenvalue weighted by atomic mass is 10.1. The molecule has 1 aromatic carbocycles. The summed E-state index contributed by atoms with van der Waals surface area (Å²) in [5.41, 5.74) is -1.47. The third-order valence-electron chi connectivity index (χ3n) is 2.78. The highest BCUT2D eigenvalue weighted by Crippen LogP contribution is 2.32. The number of halogens is 3. The number of nitrogens with one attached hydrogen (secondary N) is 1. The van der Waals surface area contributed by atoms with Gasteiger partial charge >= 0.3 is 6.18 Å². The van der Waals surface area contributed by atoms with Crippen LogP contribution in [0.15, 0.2) is 42.6 Å². The van der Waals surface area contributed by atoms with Gasteiger partial charge in [0.2, 0.25) is 0 Å². The molecule has 22 heavy (non-hydrogen) atoms. The molecule has 2 aromatic rings. The van der Waals surface area contributed by atoms with Crippen LogP contribution in [0.1, 0.15) is 22.8 Å². The van der Waals surface area contributed by atoms with E-state index < -0.39 is 23.2 Å². The topological polar surface area (TPSA) is 51.2 Å². The number of ether oxygens (including phenoxy) is 1. The van der Waals surface area contributed by atoms with Crippen molar-refractivity contribution in [2.75, 3.05) is 11.9 Å². The van der Waals surface area contributed by atoms with Crippen molar-refractivity contribution < 1.29 is 22.7 Å². The molecule has 0 aliphatic heterocycles. The summed E-state index contributed by atoms with van der Waals surface area (Å²) in [6, 6.07) is 7.74. The van der Waals surface area contributed by atoms with Gasteiger partial charge in [0.1, 0.15) is 0 Å². The zero-order chi connectivity index (χ0) is 16.2. The van der Waals surface area contributed by atoms with Gasteiger partial charge in [0.25, 0.3) is 5.91 Å². The van der Waals surface area contributed by atoms with Gasteiger partial charge in [-0.2, -0.15) is 13.2 Å². The number of benzene rings is 1. The summed E-state index contributed by atoms with van der Waals surface area (Å²) in [6.07, 6.45) is -3.20. The second-order valence-corrected chi connectivity index (χ2v) is 4.28. The monoisotopic (exact) mass is 310 g/mol. The Morgan fingerprint density at radius 3 is 2.64 bits per heavy atom. The van der Waals surface area contributed by atoms with Crippen molar-refractivity contribution in [3.63, 3.8) is 0 Å². The Hall–Kier alpha value is -2.57. The van der Waals surface area contributed by atoms with Gasteiger partial charge in [-0.3, -0.25) is 4.79 Å². The fraction of sp³-hybridized carbons (Fsp3) is 0.200. The Balaban J connectivity index is 2.31. The van der Waals surface area contributed by atoms with Crippen LogP contribution in [-0.4, -0.2) is 17.5 Å². The van der Waals surface area contributed by atoms with Crippen LogP contribution in [0.3, 0.4) is 0 Å². The molecule has 0 aliphatic carbocycles. The summed E-state index contributed by atoms with van der Waals surface area (Å²) >= 11 is 0. The third kappa shape index (κ3) is 3.55. The van der Waals surface area contributed by atoms with Crippen LogP contribution in [-0.2, 0) is 6.18 Å². The first-order chi connectivity index (χ1) is 10.4. The van der Waals surface area contributed by atoms with Crippen molar-refractivity contribution in [2.24, 2.45) is 0 Å². The van der Waals surface area contributed by atoms with E-state index in [1.54, 1.807) is 19.1 Å². The molecule has 1 aromatic heterocycles. The van der Waals surface area contributed by atoms with E-state index in [0.717, 1.165) is 12.1 Å². The van der Waals surface area contributed by atoms with Crippen LogP contribution in [0.5, 0.6) is 5.75 Å².